The molecule has 3 aromatic heterocycles. The Morgan fingerprint density at radius 3 is 2.80 bits per heavy atom. The first-order valence-electron chi connectivity index (χ1n) is 9.45. The third-order valence-electron chi connectivity index (χ3n) is 4.93. The van der Waals surface area contributed by atoms with Gasteiger partial charge in [-0.3, -0.25) is 19.0 Å². The van der Waals surface area contributed by atoms with E-state index < -0.39 is 23.3 Å². The fraction of sp³-hybridized carbons (Fsp3) is 0.368. The van der Waals surface area contributed by atoms with E-state index in [1.807, 2.05) is 6.92 Å². The summed E-state index contributed by atoms with van der Waals surface area (Å²) in [6.45, 7) is 2.35. The van der Waals surface area contributed by atoms with Gasteiger partial charge in [-0.2, -0.15) is 18.3 Å². The van der Waals surface area contributed by atoms with Gasteiger partial charge in [-0.05, 0) is 18.4 Å². The third kappa shape index (κ3) is 3.74. The molecule has 1 aliphatic carbocycles. The van der Waals surface area contributed by atoms with Crippen LogP contribution in [0.3, 0.4) is 0 Å². The zero-order chi connectivity index (χ0) is 21.5. The maximum absolute atomic E-state index is 13.0. The van der Waals surface area contributed by atoms with Crippen LogP contribution in [0.1, 0.15) is 19.8 Å². The van der Waals surface area contributed by atoms with Gasteiger partial charge < -0.3 is 4.98 Å². The molecule has 8 nitrogen and oxygen atoms in total. The lowest BCUT2D eigenvalue weighted by molar-refractivity contribution is -0.161. The maximum Gasteiger partial charge on any atom is 0.395 e. The number of nitrogens with zero attached hydrogens (tertiary/aromatic N) is 4. The average molecular weight is 420 g/mol. The van der Waals surface area contributed by atoms with E-state index in [1.165, 1.54) is 17.0 Å². The molecule has 0 saturated heterocycles. The highest BCUT2D eigenvalue weighted by molar-refractivity contribution is 5.74. The number of H-pyrrole nitrogens is 2. The second-order valence-electron chi connectivity index (χ2n) is 7.18. The number of rotatable bonds is 5. The van der Waals surface area contributed by atoms with Crippen molar-refractivity contribution in [2.24, 2.45) is 5.92 Å². The molecule has 1 aliphatic rings. The fourth-order valence-electron chi connectivity index (χ4n) is 3.44. The Hall–Kier alpha value is -3.37. The summed E-state index contributed by atoms with van der Waals surface area (Å²) in [5, 5.41) is 4.19. The van der Waals surface area contributed by atoms with Gasteiger partial charge in [0.05, 0.1) is 24.2 Å². The van der Waals surface area contributed by atoms with Crippen molar-refractivity contribution in [2.45, 2.75) is 39.0 Å². The molecule has 158 valence electrons. The predicted molar refractivity (Wildman–Crippen MR) is 104 cm³/mol. The SMILES string of the molecule is CCCn1c(=O)[nH]c2nc(-c3cnn(CC4=CC=CC(C(F)(F)F)C4)c3)[nH]c2c1=O. The summed E-state index contributed by atoms with van der Waals surface area (Å²) in [6.07, 6.45) is 3.59. The molecule has 0 saturated carbocycles. The number of aromatic nitrogens is 6. The van der Waals surface area contributed by atoms with E-state index in [1.54, 1.807) is 12.3 Å². The number of imidazole rings is 1. The van der Waals surface area contributed by atoms with E-state index in [0.29, 0.717) is 29.9 Å². The number of aromatic amines is 2. The summed E-state index contributed by atoms with van der Waals surface area (Å²) >= 11 is 0. The molecule has 2 N–H and O–H groups in total. The molecule has 11 heteroatoms. The Labute approximate surface area is 167 Å². The van der Waals surface area contributed by atoms with E-state index >= 15 is 0 Å². The van der Waals surface area contributed by atoms with E-state index in [-0.39, 0.29) is 24.1 Å². The number of halogens is 3. The van der Waals surface area contributed by atoms with Crippen LogP contribution in [0.15, 0.2) is 45.8 Å². The molecule has 3 heterocycles. The first kappa shape index (κ1) is 19.9. The molecule has 30 heavy (non-hydrogen) atoms. The number of hydrogen-bond acceptors (Lipinski definition) is 4. The van der Waals surface area contributed by atoms with E-state index in [0.717, 1.165) is 10.6 Å². The first-order valence-corrected chi connectivity index (χ1v) is 9.45. The Kier molecular flexibility index (Phi) is 4.96. The van der Waals surface area contributed by atoms with Crippen molar-refractivity contribution in [3.63, 3.8) is 0 Å². The lowest BCUT2D eigenvalue weighted by Gasteiger charge is -2.21. The van der Waals surface area contributed by atoms with Crippen molar-refractivity contribution < 1.29 is 13.2 Å². The summed E-state index contributed by atoms with van der Waals surface area (Å²) in [5.41, 5.74) is 0.490. The minimum Gasteiger partial charge on any atom is -0.332 e. The van der Waals surface area contributed by atoms with Crippen LogP contribution in [0.4, 0.5) is 13.2 Å². The van der Waals surface area contributed by atoms with Gasteiger partial charge in [-0.25, -0.2) is 9.78 Å². The summed E-state index contributed by atoms with van der Waals surface area (Å²) in [7, 11) is 0. The van der Waals surface area contributed by atoms with Gasteiger partial charge in [0, 0.05) is 12.7 Å². The lowest BCUT2D eigenvalue weighted by Crippen LogP contribution is -2.34. The second kappa shape index (κ2) is 7.47. The van der Waals surface area contributed by atoms with Crippen molar-refractivity contribution in [3.05, 3.63) is 57.0 Å². The molecule has 4 rings (SSSR count). The normalized spacial score (nSPS) is 16.9. The number of nitrogens with one attached hydrogen (secondary N) is 2. The Balaban J connectivity index is 1.59. The van der Waals surface area contributed by atoms with Gasteiger partial charge >= 0.3 is 11.9 Å². The Morgan fingerprint density at radius 1 is 1.27 bits per heavy atom. The largest absolute Gasteiger partial charge is 0.395 e. The number of alkyl halides is 3. The van der Waals surface area contributed by atoms with Crippen LogP contribution in [0.2, 0.25) is 0 Å². The van der Waals surface area contributed by atoms with Crippen molar-refractivity contribution in [3.8, 4) is 11.4 Å². The highest BCUT2D eigenvalue weighted by atomic mass is 19.4. The quantitative estimate of drug-likeness (QED) is 0.663. The van der Waals surface area contributed by atoms with Gasteiger partial charge in [-0.1, -0.05) is 25.2 Å². The molecular formula is C19H19F3N6O2. The van der Waals surface area contributed by atoms with E-state index in [2.05, 4.69) is 20.1 Å². The standard InChI is InChI=1S/C19H19F3N6O2/c1-2-6-28-17(29)14-16(26-18(28)30)25-15(24-14)12-8-23-27(10-12)9-11-4-3-5-13(7-11)19(20,21)22/h3-5,8,10,13H,2,6-7,9H2,1H3,(H,24,25)(H,26,30). The second-order valence-corrected chi connectivity index (χ2v) is 7.18. The van der Waals surface area contributed by atoms with Crippen molar-refractivity contribution >= 4 is 11.2 Å². The average Bonchev–Trinajstić information content (AvgIpc) is 3.32. The molecule has 0 radical (unpaired) electrons. The van der Waals surface area contributed by atoms with Gasteiger partial charge in [0.25, 0.3) is 5.56 Å². The van der Waals surface area contributed by atoms with E-state index in [9.17, 15) is 22.8 Å². The third-order valence-corrected chi connectivity index (χ3v) is 4.93. The zero-order valence-corrected chi connectivity index (χ0v) is 16.0. The minimum atomic E-state index is -4.28. The summed E-state index contributed by atoms with van der Waals surface area (Å²) in [4.78, 5) is 34.3. The molecule has 1 unspecified atom stereocenters. The number of allylic oxidation sites excluding steroid dienone is 4. The van der Waals surface area contributed by atoms with Gasteiger partial charge in [0.15, 0.2) is 5.65 Å². The molecule has 0 bridgehead atoms. The van der Waals surface area contributed by atoms with Crippen LogP contribution < -0.4 is 11.2 Å². The van der Waals surface area contributed by atoms with Gasteiger partial charge in [0.2, 0.25) is 0 Å². The van der Waals surface area contributed by atoms with Crippen LogP contribution in [0, 0.1) is 5.92 Å². The molecule has 0 fully saturated rings. The van der Waals surface area contributed by atoms with Crippen LogP contribution in [-0.2, 0) is 13.1 Å². The summed E-state index contributed by atoms with van der Waals surface area (Å²) in [6, 6.07) is 0. The van der Waals surface area contributed by atoms with Crippen LogP contribution in [0.5, 0.6) is 0 Å². The van der Waals surface area contributed by atoms with Gasteiger partial charge in [0.1, 0.15) is 11.3 Å². The monoisotopic (exact) mass is 420 g/mol. The first-order chi connectivity index (χ1) is 14.3. The zero-order valence-electron chi connectivity index (χ0n) is 16.0. The Morgan fingerprint density at radius 2 is 2.07 bits per heavy atom. The van der Waals surface area contributed by atoms with Crippen LogP contribution in [-0.4, -0.2) is 35.5 Å². The molecule has 0 spiro atoms. The van der Waals surface area contributed by atoms with Crippen molar-refractivity contribution in [2.75, 3.05) is 0 Å². The number of hydrogen-bond donors (Lipinski definition) is 2. The highest BCUT2D eigenvalue weighted by Gasteiger charge is 2.38. The molecule has 0 aromatic carbocycles. The fourth-order valence-corrected chi connectivity index (χ4v) is 3.44. The maximum atomic E-state index is 13.0. The predicted octanol–water partition coefficient (Wildman–Crippen LogP) is 2.75. The van der Waals surface area contributed by atoms with Crippen LogP contribution in [0.25, 0.3) is 22.6 Å². The summed E-state index contributed by atoms with van der Waals surface area (Å²) < 4.78 is 41.5. The number of fused-ring (bicyclic) bond motifs is 1. The Bertz CT molecular complexity index is 1260. The minimum absolute atomic E-state index is 0.113. The topological polar surface area (TPSA) is 101 Å². The molecular weight excluding hydrogens is 401 g/mol. The van der Waals surface area contributed by atoms with Crippen molar-refractivity contribution in [1.29, 1.82) is 0 Å². The van der Waals surface area contributed by atoms with Crippen LogP contribution >= 0.6 is 0 Å². The van der Waals surface area contributed by atoms with Crippen molar-refractivity contribution in [1.82, 2.24) is 29.3 Å². The molecule has 1 atom stereocenters. The molecule has 0 amide bonds. The molecule has 0 aliphatic heterocycles. The lowest BCUT2D eigenvalue weighted by atomic mass is 9.94. The smallest absolute Gasteiger partial charge is 0.332 e. The van der Waals surface area contributed by atoms with Gasteiger partial charge in [-0.15, -0.1) is 0 Å². The van der Waals surface area contributed by atoms with E-state index in [4.69, 9.17) is 0 Å². The highest BCUT2D eigenvalue weighted by Crippen LogP contribution is 2.34. The summed E-state index contributed by atoms with van der Waals surface area (Å²) in [5.74, 6) is -1.16. The molecule has 3 aromatic rings.